The van der Waals surface area contributed by atoms with E-state index in [1.807, 2.05) is 6.07 Å². The summed E-state index contributed by atoms with van der Waals surface area (Å²) in [4.78, 5) is 16.5. The number of carbonyl (C=O) groups is 1. The highest BCUT2D eigenvalue weighted by Crippen LogP contribution is 2.23. The van der Waals surface area contributed by atoms with Gasteiger partial charge in [0.1, 0.15) is 5.82 Å². The van der Waals surface area contributed by atoms with Gasteiger partial charge in [-0.3, -0.25) is 0 Å². The number of benzene rings is 2. The fourth-order valence-electron chi connectivity index (χ4n) is 3.05. The van der Waals surface area contributed by atoms with E-state index in [2.05, 4.69) is 35.3 Å². The molecule has 0 saturated carbocycles. The molecule has 0 spiro atoms. The van der Waals surface area contributed by atoms with Crippen molar-refractivity contribution in [2.24, 2.45) is 0 Å². The number of amides is 2. The highest BCUT2D eigenvalue weighted by Gasteiger charge is 2.22. The van der Waals surface area contributed by atoms with E-state index < -0.39 is 5.82 Å². The number of hydrogen-bond donors (Lipinski definition) is 1. The minimum Gasteiger partial charge on any atom is -0.368 e. The largest absolute Gasteiger partial charge is 0.368 e. The topological polar surface area (TPSA) is 35.6 Å². The molecule has 1 aliphatic heterocycles. The van der Waals surface area contributed by atoms with Crippen LogP contribution in [0.25, 0.3) is 0 Å². The smallest absolute Gasteiger partial charge is 0.321 e. The quantitative estimate of drug-likeness (QED) is 0.879. The summed E-state index contributed by atoms with van der Waals surface area (Å²) in [6, 6.07) is 12.4. The van der Waals surface area contributed by atoms with Crippen molar-refractivity contribution in [3.05, 3.63) is 58.9 Å². The lowest BCUT2D eigenvalue weighted by Crippen LogP contribution is -2.50. The third kappa shape index (κ3) is 4.04. The third-order valence-corrected chi connectivity index (χ3v) is 4.74. The van der Waals surface area contributed by atoms with Gasteiger partial charge in [-0.15, -0.1) is 0 Å². The van der Waals surface area contributed by atoms with E-state index in [4.69, 9.17) is 11.6 Å². The number of nitrogens with one attached hydrogen (secondary N) is 1. The van der Waals surface area contributed by atoms with Gasteiger partial charge in [-0.2, -0.15) is 0 Å². The lowest BCUT2D eigenvalue weighted by molar-refractivity contribution is 0.208. The molecule has 2 aromatic carbocycles. The summed E-state index contributed by atoms with van der Waals surface area (Å²) in [6.45, 7) is 5.00. The van der Waals surface area contributed by atoms with Crippen LogP contribution in [0.15, 0.2) is 42.5 Å². The molecule has 0 aromatic heterocycles. The summed E-state index contributed by atoms with van der Waals surface area (Å²) < 4.78 is 13.2. The molecule has 1 fully saturated rings. The number of carbonyl (C=O) groups excluding carboxylic acids is 1. The van der Waals surface area contributed by atoms with E-state index in [9.17, 15) is 9.18 Å². The van der Waals surface area contributed by atoms with Crippen LogP contribution in [-0.4, -0.2) is 37.1 Å². The summed E-state index contributed by atoms with van der Waals surface area (Å²) in [5, 5.41) is 2.77. The predicted molar refractivity (Wildman–Crippen MR) is 100 cm³/mol. The molecule has 1 saturated heterocycles. The van der Waals surface area contributed by atoms with E-state index in [0.717, 1.165) is 19.5 Å². The zero-order valence-electron chi connectivity index (χ0n) is 14.1. The zero-order chi connectivity index (χ0) is 17.8. The van der Waals surface area contributed by atoms with Crippen molar-refractivity contribution in [2.45, 2.75) is 13.3 Å². The number of para-hydroxylation sites is 1. The second-order valence-corrected chi connectivity index (χ2v) is 6.42. The average molecular weight is 362 g/mol. The Morgan fingerprint density at radius 1 is 1.16 bits per heavy atom. The van der Waals surface area contributed by atoms with E-state index in [1.165, 1.54) is 29.4 Å². The molecular formula is C19H21ClFN3O. The molecule has 6 heteroatoms. The number of rotatable bonds is 3. The van der Waals surface area contributed by atoms with Crippen molar-refractivity contribution in [3.8, 4) is 0 Å². The van der Waals surface area contributed by atoms with Gasteiger partial charge in [-0.25, -0.2) is 9.18 Å². The maximum Gasteiger partial charge on any atom is 0.321 e. The van der Waals surface area contributed by atoms with Crippen LogP contribution in [-0.2, 0) is 6.42 Å². The summed E-state index contributed by atoms with van der Waals surface area (Å²) in [5.41, 5.74) is 3.06. The Bertz CT molecular complexity index is 760. The maximum absolute atomic E-state index is 13.2. The molecule has 132 valence electrons. The number of piperazine rings is 1. The van der Waals surface area contributed by atoms with Gasteiger partial charge in [0.15, 0.2) is 0 Å². The molecule has 2 amide bonds. The Kier molecular flexibility index (Phi) is 5.43. The zero-order valence-corrected chi connectivity index (χ0v) is 14.9. The minimum atomic E-state index is -0.497. The van der Waals surface area contributed by atoms with Crippen LogP contribution < -0.4 is 10.2 Å². The van der Waals surface area contributed by atoms with Crippen LogP contribution in [0.1, 0.15) is 12.5 Å². The van der Waals surface area contributed by atoms with Gasteiger partial charge < -0.3 is 15.1 Å². The number of nitrogens with zero attached hydrogens (tertiary/aromatic N) is 2. The third-order valence-electron chi connectivity index (χ3n) is 4.45. The first-order valence-corrected chi connectivity index (χ1v) is 8.80. The molecular weight excluding hydrogens is 341 g/mol. The first-order chi connectivity index (χ1) is 12.1. The molecule has 3 rings (SSSR count). The number of anilines is 2. The summed E-state index contributed by atoms with van der Waals surface area (Å²) in [7, 11) is 0. The van der Waals surface area contributed by atoms with Crippen LogP contribution in [0.4, 0.5) is 20.6 Å². The molecule has 25 heavy (non-hydrogen) atoms. The molecule has 1 aliphatic rings. The van der Waals surface area contributed by atoms with Crippen molar-refractivity contribution < 1.29 is 9.18 Å². The van der Waals surface area contributed by atoms with Gasteiger partial charge in [0, 0.05) is 37.6 Å². The Morgan fingerprint density at radius 2 is 1.88 bits per heavy atom. The Balaban J connectivity index is 1.60. The molecule has 0 radical (unpaired) electrons. The highest BCUT2D eigenvalue weighted by atomic mass is 35.5. The van der Waals surface area contributed by atoms with E-state index >= 15 is 0 Å². The fraction of sp³-hybridized carbons (Fsp3) is 0.316. The molecule has 0 atom stereocenters. The van der Waals surface area contributed by atoms with Crippen molar-refractivity contribution in [1.29, 1.82) is 0 Å². The molecule has 1 heterocycles. The average Bonchev–Trinajstić information content (AvgIpc) is 2.65. The molecule has 0 unspecified atom stereocenters. The number of urea groups is 1. The lowest BCUT2D eigenvalue weighted by atomic mass is 10.1. The Labute approximate surface area is 152 Å². The first kappa shape index (κ1) is 17.5. The molecule has 4 nitrogen and oxygen atoms in total. The Hall–Kier alpha value is -2.27. The standard InChI is InChI=1S/C19H21ClFN3O/c1-2-14-5-3-4-6-18(14)23-9-11-24(12-10-23)19(25)22-15-7-8-17(21)16(20)13-15/h3-8,13H,2,9-12H2,1H3,(H,22,25). The summed E-state index contributed by atoms with van der Waals surface area (Å²) in [6.07, 6.45) is 0.988. The molecule has 0 bridgehead atoms. The number of hydrogen-bond acceptors (Lipinski definition) is 2. The second-order valence-electron chi connectivity index (χ2n) is 6.02. The number of aryl methyl sites for hydroxylation is 1. The van der Waals surface area contributed by atoms with Gasteiger partial charge in [0.05, 0.1) is 5.02 Å². The summed E-state index contributed by atoms with van der Waals surface area (Å²) in [5.74, 6) is -0.497. The van der Waals surface area contributed by atoms with Crippen molar-refractivity contribution in [3.63, 3.8) is 0 Å². The Morgan fingerprint density at radius 3 is 2.56 bits per heavy atom. The maximum atomic E-state index is 13.2. The van der Waals surface area contributed by atoms with Crippen LogP contribution >= 0.6 is 11.6 Å². The van der Waals surface area contributed by atoms with Crippen molar-refractivity contribution >= 4 is 29.0 Å². The van der Waals surface area contributed by atoms with Gasteiger partial charge >= 0.3 is 6.03 Å². The molecule has 2 aromatic rings. The second kappa shape index (κ2) is 7.74. The monoisotopic (exact) mass is 361 g/mol. The van der Waals surface area contributed by atoms with E-state index in [0.29, 0.717) is 18.8 Å². The SMILES string of the molecule is CCc1ccccc1N1CCN(C(=O)Nc2ccc(F)c(Cl)c2)CC1. The van der Waals surface area contributed by atoms with Crippen LogP contribution in [0, 0.1) is 5.82 Å². The van der Waals surface area contributed by atoms with E-state index in [1.54, 1.807) is 4.90 Å². The van der Waals surface area contributed by atoms with Crippen molar-refractivity contribution in [1.82, 2.24) is 4.90 Å². The van der Waals surface area contributed by atoms with Crippen LogP contribution in [0.2, 0.25) is 5.02 Å². The van der Waals surface area contributed by atoms with Crippen LogP contribution in [0.3, 0.4) is 0 Å². The number of halogens is 2. The van der Waals surface area contributed by atoms with Gasteiger partial charge in [0.25, 0.3) is 0 Å². The lowest BCUT2D eigenvalue weighted by Gasteiger charge is -2.37. The first-order valence-electron chi connectivity index (χ1n) is 8.42. The normalized spacial score (nSPS) is 14.5. The van der Waals surface area contributed by atoms with Crippen LogP contribution in [0.5, 0.6) is 0 Å². The van der Waals surface area contributed by atoms with Crippen molar-refractivity contribution in [2.75, 3.05) is 36.4 Å². The van der Waals surface area contributed by atoms with Gasteiger partial charge in [-0.05, 0) is 36.2 Å². The predicted octanol–water partition coefficient (Wildman–Crippen LogP) is 4.40. The highest BCUT2D eigenvalue weighted by molar-refractivity contribution is 6.31. The van der Waals surface area contributed by atoms with Gasteiger partial charge in [0.2, 0.25) is 0 Å². The molecule has 0 aliphatic carbocycles. The van der Waals surface area contributed by atoms with E-state index in [-0.39, 0.29) is 11.1 Å². The fourth-order valence-corrected chi connectivity index (χ4v) is 3.23. The molecule has 1 N–H and O–H groups in total. The summed E-state index contributed by atoms with van der Waals surface area (Å²) >= 11 is 5.75. The minimum absolute atomic E-state index is 0.00112. The van der Waals surface area contributed by atoms with Gasteiger partial charge in [-0.1, -0.05) is 36.7 Å².